The summed E-state index contributed by atoms with van der Waals surface area (Å²) in [6.45, 7) is 1.09. The van der Waals surface area contributed by atoms with E-state index in [-0.39, 0.29) is 24.7 Å². The summed E-state index contributed by atoms with van der Waals surface area (Å²) in [5.74, 6) is -2.40. The van der Waals surface area contributed by atoms with Crippen molar-refractivity contribution in [3.8, 4) is 0 Å². The average Bonchev–Trinajstić information content (AvgIpc) is 3.18. The summed E-state index contributed by atoms with van der Waals surface area (Å²) in [5, 5.41) is 3.24. The van der Waals surface area contributed by atoms with Gasteiger partial charge in [-0.15, -0.1) is 0 Å². The Kier molecular flexibility index (Phi) is 4.99. The molecular formula is C21H19FN4O3. The Balaban J connectivity index is 1.36. The van der Waals surface area contributed by atoms with E-state index in [2.05, 4.69) is 10.3 Å². The molecule has 1 aromatic heterocycles. The van der Waals surface area contributed by atoms with Gasteiger partial charge in [0, 0.05) is 37.1 Å². The van der Waals surface area contributed by atoms with Gasteiger partial charge in [-0.1, -0.05) is 30.3 Å². The predicted octanol–water partition coefficient (Wildman–Crippen LogP) is 2.23. The van der Waals surface area contributed by atoms with Crippen LogP contribution in [0.2, 0.25) is 0 Å². The zero-order chi connectivity index (χ0) is 20.4. The van der Waals surface area contributed by atoms with Crippen molar-refractivity contribution in [1.82, 2.24) is 14.8 Å². The molecule has 4 rings (SSSR count). The number of hydrogen-bond acceptors (Lipinski definition) is 3. The summed E-state index contributed by atoms with van der Waals surface area (Å²) in [6.07, 6.45) is 0. The smallest absolute Gasteiger partial charge is 0.313 e. The second kappa shape index (κ2) is 7.75. The standard InChI is InChI=1S/C21H19FN4O3/c22-15-6-2-4-8-17(15)24-19(27)21(29)26-11-9-25(10-12-26)20(28)18-13-14-5-1-3-7-16(14)23-18/h1-8,13,23H,9-12H2,(H,24,27). The number of nitrogens with one attached hydrogen (secondary N) is 2. The summed E-state index contributed by atoms with van der Waals surface area (Å²) < 4.78 is 13.6. The van der Waals surface area contributed by atoms with Crippen LogP contribution in [-0.4, -0.2) is 58.7 Å². The van der Waals surface area contributed by atoms with Gasteiger partial charge in [-0.2, -0.15) is 0 Å². The summed E-state index contributed by atoms with van der Waals surface area (Å²) in [4.78, 5) is 43.3. The van der Waals surface area contributed by atoms with E-state index in [4.69, 9.17) is 0 Å². The molecule has 8 heteroatoms. The van der Waals surface area contributed by atoms with Crippen LogP contribution in [0.4, 0.5) is 10.1 Å². The molecule has 0 saturated carbocycles. The number of H-pyrrole nitrogens is 1. The van der Waals surface area contributed by atoms with Crippen molar-refractivity contribution in [2.75, 3.05) is 31.5 Å². The van der Waals surface area contributed by atoms with Crippen molar-refractivity contribution in [3.63, 3.8) is 0 Å². The minimum absolute atomic E-state index is 0.0431. The second-order valence-corrected chi connectivity index (χ2v) is 6.79. The minimum atomic E-state index is -0.898. The molecule has 7 nitrogen and oxygen atoms in total. The number of carbonyl (C=O) groups is 3. The Morgan fingerprint density at radius 1 is 0.897 bits per heavy atom. The van der Waals surface area contributed by atoms with Crippen LogP contribution < -0.4 is 5.32 Å². The number of fused-ring (bicyclic) bond motifs is 1. The highest BCUT2D eigenvalue weighted by atomic mass is 19.1. The maximum absolute atomic E-state index is 13.6. The Morgan fingerprint density at radius 3 is 2.28 bits per heavy atom. The van der Waals surface area contributed by atoms with Gasteiger partial charge >= 0.3 is 11.8 Å². The molecule has 0 radical (unpaired) electrons. The largest absolute Gasteiger partial charge is 0.351 e. The number of hydrogen-bond donors (Lipinski definition) is 2. The number of anilines is 1. The molecule has 2 heterocycles. The number of nitrogens with zero attached hydrogens (tertiary/aromatic N) is 2. The number of benzene rings is 2. The minimum Gasteiger partial charge on any atom is -0.351 e. The maximum Gasteiger partial charge on any atom is 0.313 e. The Labute approximate surface area is 166 Å². The number of piperazine rings is 1. The zero-order valence-electron chi connectivity index (χ0n) is 15.5. The van der Waals surface area contributed by atoms with E-state index in [1.54, 1.807) is 17.0 Å². The molecule has 2 N–H and O–H groups in total. The van der Waals surface area contributed by atoms with Crippen LogP contribution in [0.3, 0.4) is 0 Å². The first-order chi connectivity index (χ1) is 14.0. The molecule has 3 amide bonds. The first-order valence-electron chi connectivity index (χ1n) is 9.25. The quantitative estimate of drug-likeness (QED) is 0.654. The lowest BCUT2D eigenvalue weighted by atomic mass is 10.2. The highest BCUT2D eigenvalue weighted by Gasteiger charge is 2.29. The van der Waals surface area contributed by atoms with Gasteiger partial charge in [0.25, 0.3) is 5.91 Å². The third-order valence-corrected chi connectivity index (χ3v) is 4.93. The van der Waals surface area contributed by atoms with Crippen molar-refractivity contribution in [2.24, 2.45) is 0 Å². The van der Waals surface area contributed by atoms with Gasteiger partial charge < -0.3 is 20.1 Å². The Bertz CT molecular complexity index is 1050. The fourth-order valence-corrected chi connectivity index (χ4v) is 3.35. The Hall–Kier alpha value is -3.68. The van der Waals surface area contributed by atoms with Gasteiger partial charge in [-0.3, -0.25) is 14.4 Å². The molecule has 0 aliphatic carbocycles. The highest BCUT2D eigenvalue weighted by molar-refractivity contribution is 6.39. The van der Waals surface area contributed by atoms with Crippen molar-refractivity contribution in [3.05, 3.63) is 66.1 Å². The van der Waals surface area contributed by atoms with Gasteiger partial charge in [-0.05, 0) is 24.3 Å². The molecule has 0 bridgehead atoms. The maximum atomic E-state index is 13.6. The lowest BCUT2D eigenvalue weighted by molar-refractivity contribution is -0.144. The van der Waals surface area contributed by atoms with E-state index in [0.717, 1.165) is 10.9 Å². The molecule has 2 aromatic carbocycles. The molecular weight excluding hydrogens is 375 g/mol. The number of para-hydroxylation sites is 2. The van der Waals surface area contributed by atoms with E-state index in [0.29, 0.717) is 18.8 Å². The number of rotatable bonds is 2. The van der Waals surface area contributed by atoms with Crippen LogP contribution in [0, 0.1) is 5.82 Å². The first-order valence-corrected chi connectivity index (χ1v) is 9.25. The van der Waals surface area contributed by atoms with Gasteiger partial charge in [0.15, 0.2) is 0 Å². The van der Waals surface area contributed by atoms with Crippen LogP contribution in [0.1, 0.15) is 10.5 Å². The van der Waals surface area contributed by atoms with Gasteiger partial charge in [-0.25, -0.2) is 4.39 Å². The molecule has 1 aliphatic heterocycles. The predicted molar refractivity (Wildman–Crippen MR) is 106 cm³/mol. The molecule has 148 valence electrons. The summed E-state index contributed by atoms with van der Waals surface area (Å²) >= 11 is 0. The first kappa shape index (κ1) is 18.7. The normalized spacial score (nSPS) is 14.1. The number of amides is 3. The summed E-state index contributed by atoms with van der Waals surface area (Å²) in [5.41, 5.74) is 1.33. The van der Waals surface area contributed by atoms with Crippen LogP contribution in [0.25, 0.3) is 10.9 Å². The molecule has 1 aliphatic rings. The molecule has 1 fully saturated rings. The number of carbonyl (C=O) groups excluding carboxylic acids is 3. The van der Waals surface area contributed by atoms with Crippen molar-refractivity contribution in [1.29, 1.82) is 0 Å². The molecule has 1 saturated heterocycles. The summed E-state index contributed by atoms with van der Waals surface area (Å²) in [6, 6.07) is 15.1. The van der Waals surface area contributed by atoms with Gasteiger partial charge in [0.05, 0.1) is 5.69 Å². The molecule has 3 aromatic rings. The monoisotopic (exact) mass is 394 g/mol. The fraction of sp³-hybridized carbons (Fsp3) is 0.190. The number of aromatic nitrogens is 1. The lowest BCUT2D eigenvalue weighted by Crippen LogP contribution is -2.53. The highest BCUT2D eigenvalue weighted by Crippen LogP contribution is 2.17. The van der Waals surface area contributed by atoms with E-state index in [1.165, 1.54) is 23.1 Å². The van der Waals surface area contributed by atoms with Crippen LogP contribution >= 0.6 is 0 Å². The molecule has 0 unspecified atom stereocenters. The van der Waals surface area contributed by atoms with Gasteiger partial charge in [0.1, 0.15) is 11.5 Å². The van der Waals surface area contributed by atoms with E-state index in [9.17, 15) is 18.8 Å². The van der Waals surface area contributed by atoms with Gasteiger partial charge in [0.2, 0.25) is 0 Å². The van der Waals surface area contributed by atoms with Crippen molar-refractivity contribution >= 4 is 34.3 Å². The van der Waals surface area contributed by atoms with Crippen LogP contribution in [0.5, 0.6) is 0 Å². The van der Waals surface area contributed by atoms with Crippen LogP contribution in [0.15, 0.2) is 54.6 Å². The number of aromatic amines is 1. The topological polar surface area (TPSA) is 85.5 Å². The van der Waals surface area contributed by atoms with E-state index in [1.807, 2.05) is 24.3 Å². The third kappa shape index (κ3) is 3.82. The summed E-state index contributed by atoms with van der Waals surface area (Å²) in [7, 11) is 0. The molecule has 0 spiro atoms. The molecule has 29 heavy (non-hydrogen) atoms. The van der Waals surface area contributed by atoms with Crippen LogP contribution in [-0.2, 0) is 9.59 Å². The lowest BCUT2D eigenvalue weighted by Gasteiger charge is -2.34. The second-order valence-electron chi connectivity index (χ2n) is 6.79. The SMILES string of the molecule is O=C(Nc1ccccc1F)C(=O)N1CCN(C(=O)c2cc3ccccc3[nH]2)CC1. The number of halogens is 1. The van der Waals surface area contributed by atoms with E-state index < -0.39 is 17.6 Å². The Morgan fingerprint density at radius 2 is 1.55 bits per heavy atom. The third-order valence-electron chi connectivity index (χ3n) is 4.93. The van der Waals surface area contributed by atoms with Crippen molar-refractivity contribution < 1.29 is 18.8 Å². The zero-order valence-corrected chi connectivity index (χ0v) is 15.5. The van der Waals surface area contributed by atoms with Crippen molar-refractivity contribution in [2.45, 2.75) is 0 Å². The molecule has 0 atom stereocenters. The fourth-order valence-electron chi connectivity index (χ4n) is 3.35. The average molecular weight is 394 g/mol. The van der Waals surface area contributed by atoms with E-state index >= 15 is 0 Å².